The summed E-state index contributed by atoms with van der Waals surface area (Å²) in [4.78, 5) is 11.7. The molecule has 5 nitrogen and oxygen atoms in total. The number of ether oxygens (including phenoxy) is 2. The van der Waals surface area contributed by atoms with Crippen LogP contribution in [-0.4, -0.2) is 34.1 Å². The number of carbonyl (C=O) groups is 1. The third-order valence-corrected chi connectivity index (χ3v) is 9.42. The highest BCUT2D eigenvalue weighted by Crippen LogP contribution is 2.36. The average Bonchev–Trinajstić information content (AvgIpc) is 2.93. The molecule has 0 N–H and O–H groups in total. The Kier molecular flexibility index (Phi) is 6.52. The van der Waals surface area contributed by atoms with Crippen molar-refractivity contribution in [2.24, 2.45) is 0 Å². The van der Waals surface area contributed by atoms with Gasteiger partial charge in [-0.25, -0.2) is 0 Å². The van der Waals surface area contributed by atoms with Gasteiger partial charge in [0.2, 0.25) is 0 Å². The van der Waals surface area contributed by atoms with Crippen molar-refractivity contribution in [1.82, 2.24) is 0 Å². The summed E-state index contributed by atoms with van der Waals surface area (Å²) in [5.41, 5.74) is 1.54. The van der Waals surface area contributed by atoms with E-state index in [-0.39, 0.29) is 17.4 Å². The molecule has 0 radical (unpaired) electrons. The van der Waals surface area contributed by atoms with E-state index in [0.29, 0.717) is 19.8 Å². The molecular weight excluding hydrogens is 348 g/mol. The Balaban J connectivity index is 1.97. The normalized spacial score (nSPS) is 12.4. The molecule has 2 rings (SSSR count). The maximum absolute atomic E-state index is 11.7. The van der Waals surface area contributed by atoms with Gasteiger partial charge in [0.1, 0.15) is 17.9 Å². The minimum absolute atomic E-state index is 0.185. The quantitative estimate of drug-likeness (QED) is 0.370. The SMILES string of the molecule is CCOC(=O)Cc1coc2ccc(OCCO[Si](C)(C)C(C)(C)C)cc12. The molecule has 26 heavy (non-hydrogen) atoms. The Morgan fingerprint density at radius 2 is 1.92 bits per heavy atom. The van der Waals surface area contributed by atoms with E-state index in [1.165, 1.54) is 0 Å². The zero-order chi connectivity index (χ0) is 19.4. The van der Waals surface area contributed by atoms with E-state index in [2.05, 4.69) is 33.9 Å². The summed E-state index contributed by atoms with van der Waals surface area (Å²) in [5, 5.41) is 1.06. The first-order valence-electron chi connectivity index (χ1n) is 9.06. The number of fused-ring (bicyclic) bond motifs is 1. The molecule has 0 spiro atoms. The monoisotopic (exact) mass is 378 g/mol. The summed E-state index contributed by atoms with van der Waals surface area (Å²) in [6.45, 7) is 14.3. The predicted molar refractivity (Wildman–Crippen MR) is 105 cm³/mol. The highest BCUT2D eigenvalue weighted by molar-refractivity contribution is 6.74. The number of hydrogen-bond acceptors (Lipinski definition) is 5. The van der Waals surface area contributed by atoms with Gasteiger partial charge < -0.3 is 18.3 Å². The number of rotatable bonds is 8. The summed E-state index contributed by atoms with van der Waals surface area (Å²) in [7, 11) is -1.76. The number of benzene rings is 1. The average molecular weight is 379 g/mol. The van der Waals surface area contributed by atoms with Crippen molar-refractivity contribution >= 4 is 25.3 Å². The van der Waals surface area contributed by atoms with Crippen LogP contribution < -0.4 is 4.74 Å². The van der Waals surface area contributed by atoms with Crippen LogP contribution in [0.4, 0.5) is 0 Å². The second-order valence-electron chi connectivity index (χ2n) is 7.86. The lowest BCUT2D eigenvalue weighted by molar-refractivity contribution is -0.142. The molecule has 0 aliphatic carbocycles. The van der Waals surface area contributed by atoms with E-state index in [9.17, 15) is 4.79 Å². The summed E-state index contributed by atoms with van der Waals surface area (Å²) in [6.07, 6.45) is 1.80. The molecule has 0 aliphatic rings. The third-order valence-electron chi connectivity index (χ3n) is 4.89. The first-order valence-corrected chi connectivity index (χ1v) is 12.0. The Hall–Kier alpha value is -1.79. The Morgan fingerprint density at radius 1 is 1.19 bits per heavy atom. The smallest absolute Gasteiger partial charge is 0.310 e. The molecule has 2 aromatic rings. The first-order chi connectivity index (χ1) is 12.1. The van der Waals surface area contributed by atoms with Gasteiger partial charge in [-0.1, -0.05) is 20.8 Å². The molecule has 6 heteroatoms. The van der Waals surface area contributed by atoms with Crippen molar-refractivity contribution in [1.29, 1.82) is 0 Å². The van der Waals surface area contributed by atoms with Gasteiger partial charge in [-0.15, -0.1) is 0 Å². The molecule has 0 amide bonds. The highest BCUT2D eigenvalue weighted by Gasteiger charge is 2.36. The fourth-order valence-corrected chi connectivity index (χ4v) is 3.35. The van der Waals surface area contributed by atoms with Gasteiger partial charge in [0.25, 0.3) is 0 Å². The molecule has 0 fully saturated rings. The maximum atomic E-state index is 11.7. The molecule has 0 aliphatic heterocycles. The fourth-order valence-electron chi connectivity index (χ4n) is 2.33. The van der Waals surface area contributed by atoms with Crippen LogP contribution >= 0.6 is 0 Å². The molecule has 0 bridgehead atoms. The summed E-state index contributed by atoms with van der Waals surface area (Å²) in [5.74, 6) is 0.479. The second kappa shape index (κ2) is 8.27. The molecule has 1 aromatic heterocycles. The number of carbonyl (C=O) groups excluding carboxylic acids is 1. The minimum Gasteiger partial charge on any atom is -0.491 e. The lowest BCUT2D eigenvalue weighted by atomic mass is 10.1. The zero-order valence-corrected chi connectivity index (χ0v) is 17.7. The van der Waals surface area contributed by atoms with Crippen LogP contribution in [0.2, 0.25) is 18.1 Å². The third kappa shape index (κ3) is 5.11. The Labute approximate surface area is 156 Å². The summed E-state index contributed by atoms with van der Waals surface area (Å²) < 4.78 is 22.5. The van der Waals surface area contributed by atoms with Crippen LogP contribution in [0.3, 0.4) is 0 Å². The minimum atomic E-state index is -1.76. The maximum Gasteiger partial charge on any atom is 0.310 e. The van der Waals surface area contributed by atoms with Crippen molar-refractivity contribution in [3.8, 4) is 5.75 Å². The van der Waals surface area contributed by atoms with Gasteiger partial charge >= 0.3 is 5.97 Å². The van der Waals surface area contributed by atoms with Crippen molar-refractivity contribution in [3.63, 3.8) is 0 Å². The van der Waals surface area contributed by atoms with Crippen molar-refractivity contribution < 1.29 is 23.1 Å². The van der Waals surface area contributed by atoms with Crippen LogP contribution in [0.25, 0.3) is 11.0 Å². The van der Waals surface area contributed by atoms with Crippen LogP contribution in [0.15, 0.2) is 28.9 Å². The first kappa shape index (κ1) is 20.5. The Morgan fingerprint density at radius 3 is 2.58 bits per heavy atom. The molecule has 0 saturated heterocycles. The summed E-state index contributed by atoms with van der Waals surface area (Å²) >= 11 is 0. The van der Waals surface area contributed by atoms with E-state index in [0.717, 1.165) is 22.3 Å². The van der Waals surface area contributed by atoms with E-state index >= 15 is 0 Å². The summed E-state index contributed by atoms with van der Waals surface area (Å²) in [6, 6.07) is 5.63. The van der Waals surface area contributed by atoms with Gasteiger partial charge in [-0.3, -0.25) is 4.79 Å². The van der Waals surface area contributed by atoms with Crippen molar-refractivity contribution in [2.75, 3.05) is 19.8 Å². The van der Waals surface area contributed by atoms with E-state index in [4.69, 9.17) is 18.3 Å². The predicted octanol–water partition coefficient (Wildman–Crippen LogP) is 4.94. The molecule has 1 heterocycles. The molecule has 0 saturated carbocycles. The fraction of sp³-hybridized carbons (Fsp3) is 0.550. The molecule has 0 unspecified atom stereocenters. The van der Waals surface area contributed by atoms with Crippen LogP contribution in [0.5, 0.6) is 5.75 Å². The van der Waals surface area contributed by atoms with E-state index < -0.39 is 8.32 Å². The van der Waals surface area contributed by atoms with Crippen LogP contribution in [0, 0.1) is 0 Å². The van der Waals surface area contributed by atoms with Crippen molar-refractivity contribution in [2.45, 2.75) is 52.2 Å². The topological polar surface area (TPSA) is 57.9 Å². The zero-order valence-electron chi connectivity index (χ0n) is 16.7. The van der Waals surface area contributed by atoms with Gasteiger partial charge in [0, 0.05) is 10.9 Å². The molecule has 144 valence electrons. The van der Waals surface area contributed by atoms with Crippen LogP contribution in [0.1, 0.15) is 33.3 Å². The highest BCUT2D eigenvalue weighted by atomic mass is 28.4. The number of furan rings is 1. The largest absolute Gasteiger partial charge is 0.491 e. The molecular formula is C20H30O5Si. The number of esters is 1. The Bertz CT molecular complexity index is 742. The van der Waals surface area contributed by atoms with Crippen LogP contribution in [-0.2, 0) is 20.4 Å². The number of hydrogen-bond donors (Lipinski definition) is 0. The molecule has 1 aromatic carbocycles. The van der Waals surface area contributed by atoms with Gasteiger partial charge in [-0.2, -0.15) is 0 Å². The van der Waals surface area contributed by atoms with E-state index in [1.807, 2.05) is 18.2 Å². The van der Waals surface area contributed by atoms with Gasteiger partial charge in [-0.05, 0) is 43.3 Å². The molecule has 0 atom stereocenters. The van der Waals surface area contributed by atoms with E-state index in [1.54, 1.807) is 13.2 Å². The van der Waals surface area contributed by atoms with Gasteiger partial charge in [0.15, 0.2) is 8.32 Å². The van der Waals surface area contributed by atoms with Crippen molar-refractivity contribution in [3.05, 3.63) is 30.0 Å². The lowest BCUT2D eigenvalue weighted by Gasteiger charge is -2.36. The standard InChI is InChI=1S/C20H30O5Si/c1-7-22-19(21)12-15-14-24-18-9-8-16(13-17(15)18)23-10-11-25-26(5,6)20(2,3)4/h8-9,13-14H,7,10-12H2,1-6H3. The second-order valence-corrected chi connectivity index (χ2v) is 12.7. The van der Waals surface area contributed by atoms with Gasteiger partial charge in [0.05, 0.1) is 25.9 Å². The lowest BCUT2D eigenvalue weighted by Crippen LogP contribution is -2.41.